The third kappa shape index (κ3) is 5.48. The van der Waals surface area contributed by atoms with Gasteiger partial charge in [-0.25, -0.2) is 19.2 Å². The number of nitrogens with one attached hydrogen (secondary N) is 1. The van der Waals surface area contributed by atoms with Crippen LogP contribution in [0.5, 0.6) is 0 Å². The smallest absolute Gasteiger partial charge is 0.347 e. The Morgan fingerprint density at radius 3 is 2.44 bits per heavy atom. The first-order valence-electron chi connectivity index (χ1n) is 9.57. The largest absolute Gasteiger partial charge is 0.369 e. The van der Waals surface area contributed by atoms with Crippen molar-refractivity contribution in [3.05, 3.63) is 54.0 Å². The first kappa shape index (κ1) is 22.5. The lowest BCUT2D eigenvalue weighted by atomic mass is 10.1. The lowest BCUT2D eigenvalue weighted by Gasteiger charge is -2.11. The van der Waals surface area contributed by atoms with Crippen molar-refractivity contribution < 1.29 is 14.0 Å². The SMILES string of the molecule is CN(C)C=NC(=O)Nc1ncc(C(=O)N=CN(C)C)c2ccc(-c3cccc(F)c3)nc12. The van der Waals surface area contributed by atoms with E-state index >= 15 is 0 Å². The number of halogens is 1. The van der Waals surface area contributed by atoms with E-state index in [1.54, 1.807) is 62.3 Å². The van der Waals surface area contributed by atoms with E-state index in [0.717, 1.165) is 0 Å². The number of aliphatic imine (C=N–C) groups is 2. The minimum Gasteiger partial charge on any atom is -0.369 e. The van der Waals surface area contributed by atoms with Gasteiger partial charge in [0.25, 0.3) is 5.91 Å². The summed E-state index contributed by atoms with van der Waals surface area (Å²) < 4.78 is 13.7. The average Bonchev–Trinajstić information content (AvgIpc) is 2.76. The molecule has 0 spiro atoms. The van der Waals surface area contributed by atoms with Gasteiger partial charge >= 0.3 is 6.03 Å². The highest BCUT2D eigenvalue weighted by molar-refractivity contribution is 6.11. The van der Waals surface area contributed by atoms with Crippen molar-refractivity contribution in [3.8, 4) is 11.3 Å². The minimum absolute atomic E-state index is 0.118. The standard InChI is InChI=1S/C22H22FN7O2/c1-29(2)12-25-21(31)17-11-24-20(28-22(32)26-13-30(3)4)19-16(17)8-9-18(27-19)14-6-5-7-15(23)10-14/h5-13H,1-4H3,(H,24,28,32). The van der Waals surface area contributed by atoms with Crippen molar-refractivity contribution in [2.24, 2.45) is 9.98 Å². The number of amides is 3. The molecule has 3 aromatic rings. The van der Waals surface area contributed by atoms with E-state index in [4.69, 9.17) is 0 Å². The maximum atomic E-state index is 13.7. The first-order chi connectivity index (χ1) is 15.2. The molecular weight excluding hydrogens is 413 g/mol. The fraction of sp³-hybridized carbons (Fsp3) is 0.182. The quantitative estimate of drug-likeness (QED) is 0.487. The van der Waals surface area contributed by atoms with Crippen LogP contribution in [0.25, 0.3) is 22.2 Å². The van der Waals surface area contributed by atoms with Crippen molar-refractivity contribution in [3.63, 3.8) is 0 Å². The Morgan fingerprint density at radius 1 is 1.03 bits per heavy atom. The van der Waals surface area contributed by atoms with Crippen LogP contribution in [0.3, 0.4) is 0 Å². The van der Waals surface area contributed by atoms with E-state index in [-0.39, 0.29) is 16.9 Å². The van der Waals surface area contributed by atoms with Crippen LogP contribution in [0.4, 0.5) is 15.0 Å². The Morgan fingerprint density at radius 2 is 1.75 bits per heavy atom. The number of carbonyl (C=O) groups excluding carboxylic acids is 2. The highest BCUT2D eigenvalue weighted by Gasteiger charge is 2.17. The second-order valence-electron chi connectivity index (χ2n) is 7.28. The number of benzene rings is 1. The van der Waals surface area contributed by atoms with Gasteiger partial charge in [0.2, 0.25) is 0 Å². The normalized spacial score (nSPS) is 11.3. The molecule has 1 N–H and O–H groups in total. The van der Waals surface area contributed by atoms with Crippen molar-refractivity contribution in [1.82, 2.24) is 19.8 Å². The summed E-state index contributed by atoms with van der Waals surface area (Å²) in [5, 5.41) is 3.02. The Bertz CT molecular complexity index is 1220. The zero-order valence-electron chi connectivity index (χ0n) is 18.1. The zero-order valence-corrected chi connectivity index (χ0v) is 18.1. The lowest BCUT2D eigenvalue weighted by Crippen LogP contribution is -2.14. The van der Waals surface area contributed by atoms with Gasteiger partial charge in [-0.1, -0.05) is 12.1 Å². The van der Waals surface area contributed by atoms with E-state index in [1.807, 2.05) is 0 Å². The summed E-state index contributed by atoms with van der Waals surface area (Å²) >= 11 is 0. The molecule has 0 aliphatic heterocycles. The van der Waals surface area contributed by atoms with Gasteiger partial charge in [-0.05, 0) is 24.3 Å². The molecule has 3 rings (SSSR count). The molecule has 9 nitrogen and oxygen atoms in total. The number of nitrogens with zero attached hydrogens (tertiary/aromatic N) is 6. The van der Waals surface area contributed by atoms with Crippen LogP contribution in [0.1, 0.15) is 10.4 Å². The van der Waals surface area contributed by atoms with Crippen LogP contribution >= 0.6 is 0 Å². The summed E-state index contributed by atoms with van der Waals surface area (Å²) in [5.41, 5.74) is 1.46. The van der Waals surface area contributed by atoms with Crippen LogP contribution in [0.2, 0.25) is 0 Å². The third-order valence-corrected chi connectivity index (χ3v) is 4.12. The highest BCUT2D eigenvalue weighted by atomic mass is 19.1. The number of aromatic nitrogens is 2. The second kappa shape index (κ2) is 9.73. The third-order valence-electron chi connectivity index (χ3n) is 4.12. The molecule has 0 saturated heterocycles. The van der Waals surface area contributed by atoms with Crippen molar-refractivity contribution in [2.75, 3.05) is 33.5 Å². The highest BCUT2D eigenvalue weighted by Crippen LogP contribution is 2.28. The molecule has 0 unspecified atom stereocenters. The maximum Gasteiger partial charge on any atom is 0.347 e. The summed E-state index contributed by atoms with van der Waals surface area (Å²) in [5.74, 6) is -0.802. The Hall–Kier alpha value is -4.21. The molecule has 32 heavy (non-hydrogen) atoms. The number of pyridine rings is 2. The Balaban J connectivity index is 2.12. The molecule has 0 bridgehead atoms. The van der Waals surface area contributed by atoms with Crippen LogP contribution < -0.4 is 5.32 Å². The molecule has 3 amide bonds. The number of anilines is 1. The Labute approximate surface area is 184 Å². The Kier molecular flexibility index (Phi) is 6.83. The number of rotatable bonds is 5. The number of hydrogen-bond donors (Lipinski definition) is 1. The summed E-state index contributed by atoms with van der Waals surface area (Å²) in [6.45, 7) is 0. The maximum absolute atomic E-state index is 13.7. The van der Waals surface area contributed by atoms with Crippen LogP contribution in [0, 0.1) is 5.82 Å². The second-order valence-corrected chi connectivity index (χ2v) is 7.28. The van der Waals surface area contributed by atoms with Crippen LogP contribution in [-0.4, -0.2) is 72.6 Å². The predicted octanol–water partition coefficient (Wildman–Crippen LogP) is 3.29. The van der Waals surface area contributed by atoms with Crippen LogP contribution in [0.15, 0.2) is 52.6 Å². The molecule has 1 aromatic carbocycles. The molecule has 164 valence electrons. The first-order valence-corrected chi connectivity index (χ1v) is 9.57. The number of hydrogen-bond acceptors (Lipinski definition) is 4. The molecule has 0 atom stereocenters. The van der Waals surface area contributed by atoms with Gasteiger partial charge in [0.1, 0.15) is 11.3 Å². The van der Waals surface area contributed by atoms with Gasteiger partial charge in [0.05, 0.1) is 23.9 Å². The molecule has 0 radical (unpaired) electrons. The molecular formula is C22H22FN7O2. The average molecular weight is 435 g/mol. The fourth-order valence-electron chi connectivity index (χ4n) is 2.73. The van der Waals surface area contributed by atoms with E-state index in [2.05, 4.69) is 25.3 Å². The topological polar surface area (TPSA) is 103 Å². The summed E-state index contributed by atoms with van der Waals surface area (Å²) in [6.07, 6.45) is 4.05. The predicted molar refractivity (Wildman–Crippen MR) is 123 cm³/mol. The minimum atomic E-state index is -0.657. The van der Waals surface area contributed by atoms with Crippen LogP contribution in [-0.2, 0) is 0 Å². The molecule has 0 saturated carbocycles. The monoisotopic (exact) mass is 435 g/mol. The van der Waals surface area contributed by atoms with E-state index in [9.17, 15) is 14.0 Å². The van der Waals surface area contributed by atoms with Crippen molar-refractivity contribution in [1.29, 1.82) is 0 Å². The lowest BCUT2D eigenvalue weighted by molar-refractivity contribution is 0.100. The molecule has 2 heterocycles. The number of urea groups is 1. The van der Waals surface area contributed by atoms with E-state index in [1.165, 1.54) is 31.0 Å². The number of carbonyl (C=O) groups is 2. The van der Waals surface area contributed by atoms with Gasteiger partial charge in [0.15, 0.2) is 5.82 Å². The van der Waals surface area contributed by atoms with Crippen molar-refractivity contribution >= 4 is 41.3 Å². The van der Waals surface area contributed by atoms with E-state index in [0.29, 0.717) is 16.6 Å². The fourth-order valence-corrected chi connectivity index (χ4v) is 2.73. The molecule has 0 aliphatic carbocycles. The summed E-state index contributed by atoms with van der Waals surface area (Å²) in [4.78, 5) is 44.5. The number of fused-ring (bicyclic) bond motifs is 1. The molecule has 2 aromatic heterocycles. The van der Waals surface area contributed by atoms with Gasteiger partial charge in [-0.15, -0.1) is 0 Å². The van der Waals surface area contributed by atoms with Crippen molar-refractivity contribution in [2.45, 2.75) is 0 Å². The van der Waals surface area contributed by atoms with E-state index < -0.39 is 17.8 Å². The molecule has 0 aliphatic rings. The molecule has 10 heteroatoms. The zero-order chi connectivity index (χ0) is 23.3. The summed E-state index contributed by atoms with van der Waals surface area (Å²) in [7, 11) is 6.94. The van der Waals surface area contributed by atoms with Gasteiger partial charge in [0, 0.05) is 45.3 Å². The molecule has 0 fully saturated rings. The summed E-state index contributed by atoms with van der Waals surface area (Å²) in [6, 6.07) is 8.64. The van der Waals surface area contributed by atoms with Gasteiger partial charge in [-0.3, -0.25) is 10.1 Å². The van der Waals surface area contributed by atoms with Gasteiger partial charge in [-0.2, -0.15) is 9.98 Å². The van der Waals surface area contributed by atoms with Gasteiger partial charge < -0.3 is 9.80 Å².